The molecule has 1 amide bonds. The van der Waals surface area contributed by atoms with Gasteiger partial charge in [0.25, 0.3) is 0 Å². The van der Waals surface area contributed by atoms with Gasteiger partial charge in [0.05, 0.1) is 0 Å². The molecule has 1 unspecified atom stereocenters. The van der Waals surface area contributed by atoms with Crippen LogP contribution in [0.5, 0.6) is 0 Å². The molecule has 1 aliphatic rings. The second-order valence-corrected chi connectivity index (χ2v) is 2.90. The molecule has 70 valence electrons. The summed E-state index contributed by atoms with van der Waals surface area (Å²) in [5, 5.41) is 0. The topological polar surface area (TPSA) is 20.3 Å². The lowest BCUT2D eigenvalue weighted by atomic mass is 10.0. The lowest BCUT2D eigenvalue weighted by Gasteiger charge is -2.33. The van der Waals surface area contributed by atoms with Gasteiger partial charge < -0.3 is 4.90 Å². The third-order valence-corrected chi connectivity index (χ3v) is 2.06. The first-order valence-corrected chi connectivity index (χ1v) is 3.83. The van der Waals surface area contributed by atoms with Crippen LogP contribution in [0, 0.1) is 0 Å². The summed E-state index contributed by atoms with van der Waals surface area (Å²) in [4.78, 5) is 11.1. The van der Waals surface area contributed by atoms with E-state index < -0.39 is 12.2 Å². The largest absolute Gasteiger partial charge is 0.408 e. The van der Waals surface area contributed by atoms with Gasteiger partial charge in [0.1, 0.15) is 6.04 Å². The SMILES string of the molecule is O=CN1CCCCC1C(F)(F)F. The molecular weight excluding hydrogens is 171 g/mol. The fraction of sp³-hybridized carbons (Fsp3) is 0.857. The Morgan fingerprint density at radius 1 is 1.33 bits per heavy atom. The molecule has 1 rings (SSSR count). The molecule has 0 aromatic heterocycles. The number of halogens is 3. The standard InChI is InChI=1S/C7H10F3NO/c8-7(9,10)6-3-1-2-4-11(6)5-12/h5-6H,1-4H2. The minimum absolute atomic E-state index is 0.0439. The molecule has 1 saturated heterocycles. The van der Waals surface area contributed by atoms with E-state index in [9.17, 15) is 18.0 Å². The van der Waals surface area contributed by atoms with Crippen molar-refractivity contribution in [1.29, 1.82) is 0 Å². The smallest absolute Gasteiger partial charge is 0.333 e. The van der Waals surface area contributed by atoms with Gasteiger partial charge in [-0.05, 0) is 19.3 Å². The summed E-state index contributed by atoms with van der Waals surface area (Å²) in [5.74, 6) is 0. The Labute approximate surface area is 68.3 Å². The van der Waals surface area contributed by atoms with Gasteiger partial charge in [-0.1, -0.05) is 0 Å². The predicted octanol–water partition coefficient (Wildman–Crippen LogP) is 1.56. The van der Waals surface area contributed by atoms with Gasteiger partial charge >= 0.3 is 6.18 Å². The minimum Gasteiger partial charge on any atom is -0.333 e. The highest BCUT2D eigenvalue weighted by Crippen LogP contribution is 2.30. The van der Waals surface area contributed by atoms with Gasteiger partial charge in [-0.15, -0.1) is 0 Å². The van der Waals surface area contributed by atoms with Crippen molar-refractivity contribution >= 4 is 6.41 Å². The van der Waals surface area contributed by atoms with E-state index in [1.807, 2.05) is 0 Å². The number of piperidine rings is 1. The summed E-state index contributed by atoms with van der Waals surface area (Å²) >= 11 is 0. The van der Waals surface area contributed by atoms with Gasteiger partial charge in [-0.3, -0.25) is 4.79 Å². The van der Waals surface area contributed by atoms with Gasteiger partial charge in [0, 0.05) is 6.54 Å². The van der Waals surface area contributed by atoms with E-state index in [0.29, 0.717) is 12.8 Å². The van der Waals surface area contributed by atoms with E-state index in [1.165, 1.54) is 0 Å². The summed E-state index contributed by atoms with van der Waals surface area (Å²) in [6.45, 7) is 0.230. The average molecular weight is 181 g/mol. The second kappa shape index (κ2) is 3.33. The van der Waals surface area contributed by atoms with Crippen LogP contribution in [0.1, 0.15) is 19.3 Å². The van der Waals surface area contributed by atoms with Crippen LogP contribution in [0.25, 0.3) is 0 Å². The maximum absolute atomic E-state index is 12.2. The van der Waals surface area contributed by atoms with Crippen LogP contribution in [0.3, 0.4) is 0 Å². The van der Waals surface area contributed by atoms with Crippen LogP contribution >= 0.6 is 0 Å². The van der Waals surface area contributed by atoms with Gasteiger partial charge in [0.15, 0.2) is 0 Å². The first kappa shape index (κ1) is 9.35. The summed E-state index contributed by atoms with van der Waals surface area (Å²) in [6.07, 6.45) is -2.71. The lowest BCUT2D eigenvalue weighted by Crippen LogP contribution is -2.47. The minimum atomic E-state index is -4.26. The van der Waals surface area contributed by atoms with Gasteiger partial charge in [-0.25, -0.2) is 0 Å². The maximum Gasteiger partial charge on any atom is 0.408 e. The lowest BCUT2D eigenvalue weighted by molar-refractivity contribution is -0.190. The number of nitrogens with zero attached hydrogens (tertiary/aromatic N) is 1. The van der Waals surface area contributed by atoms with Crippen LogP contribution in [-0.2, 0) is 4.79 Å². The van der Waals surface area contributed by atoms with Crippen molar-refractivity contribution in [2.75, 3.05) is 6.54 Å². The number of rotatable bonds is 1. The molecule has 0 aromatic rings. The van der Waals surface area contributed by atoms with Crippen molar-refractivity contribution < 1.29 is 18.0 Å². The highest BCUT2D eigenvalue weighted by atomic mass is 19.4. The molecule has 0 bridgehead atoms. The molecule has 5 heteroatoms. The Kier molecular flexibility index (Phi) is 2.59. The number of carbonyl (C=O) groups excluding carboxylic acids is 1. The Bertz CT molecular complexity index is 169. The number of hydrogen-bond donors (Lipinski definition) is 0. The van der Waals surface area contributed by atoms with Crippen LogP contribution < -0.4 is 0 Å². The van der Waals surface area contributed by atoms with Crippen LogP contribution in [0.2, 0.25) is 0 Å². The van der Waals surface area contributed by atoms with Crippen LogP contribution in [-0.4, -0.2) is 30.1 Å². The fourth-order valence-corrected chi connectivity index (χ4v) is 1.43. The number of likely N-dealkylation sites (tertiary alicyclic amines) is 1. The van der Waals surface area contributed by atoms with Gasteiger partial charge in [0.2, 0.25) is 6.41 Å². The predicted molar refractivity (Wildman–Crippen MR) is 36.5 cm³/mol. The maximum atomic E-state index is 12.2. The van der Waals surface area contributed by atoms with Crippen molar-refractivity contribution in [1.82, 2.24) is 4.90 Å². The zero-order chi connectivity index (χ0) is 9.19. The van der Waals surface area contributed by atoms with E-state index in [2.05, 4.69) is 0 Å². The quantitative estimate of drug-likeness (QED) is 0.562. The van der Waals surface area contributed by atoms with E-state index in [1.54, 1.807) is 0 Å². The van der Waals surface area contributed by atoms with Crippen molar-refractivity contribution in [3.8, 4) is 0 Å². The Hall–Kier alpha value is -0.740. The first-order valence-electron chi connectivity index (χ1n) is 3.83. The molecule has 1 fully saturated rings. The van der Waals surface area contributed by atoms with E-state index in [-0.39, 0.29) is 19.4 Å². The van der Waals surface area contributed by atoms with Crippen molar-refractivity contribution in [2.24, 2.45) is 0 Å². The number of amides is 1. The molecule has 0 spiro atoms. The van der Waals surface area contributed by atoms with E-state index in [4.69, 9.17) is 0 Å². The van der Waals surface area contributed by atoms with Crippen LogP contribution in [0.15, 0.2) is 0 Å². The number of hydrogen-bond acceptors (Lipinski definition) is 1. The highest BCUT2D eigenvalue weighted by Gasteiger charge is 2.43. The Balaban J connectivity index is 2.65. The molecular formula is C7H10F3NO. The fourth-order valence-electron chi connectivity index (χ4n) is 1.43. The van der Waals surface area contributed by atoms with Crippen molar-refractivity contribution in [3.05, 3.63) is 0 Å². The molecule has 1 atom stereocenters. The molecule has 12 heavy (non-hydrogen) atoms. The molecule has 0 radical (unpaired) electrons. The Morgan fingerprint density at radius 2 is 2.00 bits per heavy atom. The molecule has 1 aliphatic heterocycles. The third kappa shape index (κ3) is 1.89. The molecule has 0 aliphatic carbocycles. The van der Waals surface area contributed by atoms with E-state index in [0.717, 1.165) is 4.90 Å². The molecule has 0 saturated carbocycles. The summed E-state index contributed by atoms with van der Waals surface area (Å²) in [5.41, 5.74) is 0. The number of alkyl halides is 3. The Morgan fingerprint density at radius 3 is 2.42 bits per heavy atom. The average Bonchev–Trinajstić information content (AvgIpc) is 2.03. The normalized spacial score (nSPS) is 25.6. The summed E-state index contributed by atoms with van der Waals surface area (Å²) in [6, 6.07) is -1.55. The molecule has 0 aromatic carbocycles. The van der Waals surface area contributed by atoms with Gasteiger partial charge in [-0.2, -0.15) is 13.2 Å². The third-order valence-electron chi connectivity index (χ3n) is 2.06. The van der Waals surface area contributed by atoms with E-state index >= 15 is 0 Å². The molecule has 1 heterocycles. The first-order chi connectivity index (χ1) is 5.55. The molecule has 0 N–H and O–H groups in total. The van der Waals surface area contributed by atoms with Crippen molar-refractivity contribution in [3.63, 3.8) is 0 Å². The summed E-state index contributed by atoms with van der Waals surface area (Å²) < 4.78 is 36.5. The monoisotopic (exact) mass is 181 g/mol. The molecule has 2 nitrogen and oxygen atoms in total. The zero-order valence-electron chi connectivity index (χ0n) is 6.47. The zero-order valence-corrected chi connectivity index (χ0v) is 6.47. The van der Waals surface area contributed by atoms with Crippen molar-refractivity contribution in [2.45, 2.75) is 31.5 Å². The van der Waals surface area contributed by atoms with Crippen LogP contribution in [0.4, 0.5) is 13.2 Å². The summed E-state index contributed by atoms with van der Waals surface area (Å²) in [7, 11) is 0. The second-order valence-electron chi connectivity index (χ2n) is 2.90. The number of carbonyl (C=O) groups is 1. The highest BCUT2D eigenvalue weighted by molar-refractivity contribution is 5.48.